The van der Waals surface area contributed by atoms with E-state index in [1.807, 2.05) is 0 Å². The molecule has 0 aromatic rings. The van der Waals surface area contributed by atoms with Gasteiger partial charge in [-0.2, -0.15) is 0 Å². The average Bonchev–Trinajstić information content (AvgIpc) is 2.76. The van der Waals surface area contributed by atoms with Gasteiger partial charge in [0.1, 0.15) is 0 Å². The molecular weight excluding hydrogens is 546 g/mol. The fourth-order valence-electron chi connectivity index (χ4n) is 3.49. The van der Waals surface area contributed by atoms with Crippen LogP contribution in [0.5, 0.6) is 0 Å². The van der Waals surface area contributed by atoms with Gasteiger partial charge in [-0.3, -0.25) is 0 Å². The Labute approximate surface area is 244 Å². The molecule has 0 aliphatic rings. The van der Waals surface area contributed by atoms with E-state index < -0.39 is 12.3 Å². The van der Waals surface area contributed by atoms with Crippen LogP contribution in [0.4, 0.5) is 9.59 Å². The number of hydrogen-bond acceptors (Lipinski definition) is 6. The van der Waals surface area contributed by atoms with Gasteiger partial charge in [-0.1, -0.05) is 129 Å². The van der Waals surface area contributed by atoms with Crippen molar-refractivity contribution in [2.24, 2.45) is 0 Å². The zero-order valence-electron chi connectivity index (χ0n) is 21.7. The molecule has 0 heterocycles. The molecule has 0 spiro atoms. The normalized spacial score (nSPS) is 10.0. The fraction of sp³-hybridized carbons (Fsp3) is 0.923. The van der Waals surface area contributed by atoms with E-state index in [1.54, 1.807) is 0 Å². The van der Waals surface area contributed by atoms with Crippen molar-refractivity contribution in [1.29, 1.82) is 0 Å². The van der Waals surface area contributed by atoms with Gasteiger partial charge in [-0.15, -0.1) is 0 Å². The summed E-state index contributed by atoms with van der Waals surface area (Å²) in [4.78, 5) is 19.9. The SMILES string of the molecule is CCCCCCCCCCCCOC(=O)[O-].CCCCCCCCCCCCOC(=O)[O-].[Ba+2]. The van der Waals surface area contributed by atoms with Crippen LogP contribution < -0.4 is 10.2 Å². The van der Waals surface area contributed by atoms with Gasteiger partial charge in [-0.05, 0) is 12.8 Å². The third-order valence-corrected chi connectivity index (χ3v) is 5.44. The van der Waals surface area contributed by atoms with Gasteiger partial charge in [0.15, 0.2) is 0 Å². The van der Waals surface area contributed by atoms with Crippen LogP contribution in [0.3, 0.4) is 0 Å². The number of unbranched alkanes of at least 4 members (excludes halogenated alkanes) is 18. The van der Waals surface area contributed by atoms with Crippen LogP contribution in [-0.2, 0) is 9.47 Å². The van der Waals surface area contributed by atoms with Crippen molar-refractivity contribution in [3.63, 3.8) is 0 Å². The molecular formula is C26H50BaO6. The largest absolute Gasteiger partial charge is 2.00 e. The fourth-order valence-corrected chi connectivity index (χ4v) is 3.49. The van der Waals surface area contributed by atoms with Crippen LogP contribution in [0, 0.1) is 0 Å². The minimum Gasteiger partial charge on any atom is -0.550 e. The van der Waals surface area contributed by atoms with Gasteiger partial charge in [0.25, 0.3) is 12.3 Å². The first-order valence-corrected chi connectivity index (χ1v) is 13.2. The second-order valence-corrected chi connectivity index (χ2v) is 8.56. The quantitative estimate of drug-likeness (QED) is 0.0845. The molecule has 33 heavy (non-hydrogen) atoms. The maximum absolute atomic E-state index is 9.93. The van der Waals surface area contributed by atoms with Crippen LogP contribution in [-0.4, -0.2) is 74.4 Å². The molecule has 0 bridgehead atoms. The van der Waals surface area contributed by atoms with E-state index in [9.17, 15) is 19.8 Å². The molecule has 0 radical (unpaired) electrons. The molecule has 0 atom stereocenters. The van der Waals surface area contributed by atoms with Gasteiger partial charge in [0.05, 0.1) is 0 Å². The van der Waals surface area contributed by atoms with Crippen molar-refractivity contribution in [3.05, 3.63) is 0 Å². The Hall–Kier alpha value is 0.111. The molecule has 7 heteroatoms. The molecule has 0 fully saturated rings. The molecule has 0 saturated carbocycles. The number of carbonyl (C=O) groups is 2. The summed E-state index contributed by atoms with van der Waals surface area (Å²) in [5.74, 6) is 0. The minimum absolute atomic E-state index is 0. The van der Waals surface area contributed by atoms with Crippen molar-refractivity contribution in [3.8, 4) is 0 Å². The smallest absolute Gasteiger partial charge is 0.550 e. The van der Waals surface area contributed by atoms with Crippen LogP contribution in [0.25, 0.3) is 0 Å². The summed E-state index contributed by atoms with van der Waals surface area (Å²) in [5.41, 5.74) is 0. The third-order valence-electron chi connectivity index (χ3n) is 5.44. The maximum atomic E-state index is 9.93. The van der Waals surface area contributed by atoms with E-state index in [1.165, 1.54) is 103 Å². The Morgan fingerprint density at radius 2 is 0.667 bits per heavy atom. The molecule has 0 saturated heterocycles. The van der Waals surface area contributed by atoms with Gasteiger partial charge < -0.3 is 29.3 Å². The van der Waals surface area contributed by atoms with E-state index in [0.29, 0.717) is 13.2 Å². The van der Waals surface area contributed by atoms with E-state index in [2.05, 4.69) is 23.3 Å². The van der Waals surface area contributed by atoms with Crippen LogP contribution >= 0.6 is 0 Å². The monoisotopic (exact) mass is 596 g/mol. The molecule has 0 rings (SSSR count). The second-order valence-electron chi connectivity index (χ2n) is 8.56. The van der Waals surface area contributed by atoms with Crippen molar-refractivity contribution >= 4 is 61.2 Å². The van der Waals surface area contributed by atoms with Crippen molar-refractivity contribution in [1.82, 2.24) is 0 Å². The van der Waals surface area contributed by atoms with Crippen LogP contribution in [0.15, 0.2) is 0 Å². The summed E-state index contributed by atoms with van der Waals surface area (Å²) in [6.07, 6.45) is 21.9. The zero-order valence-corrected chi connectivity index (χ0v) is 26.2. The molecule has 6 nitrogen and oxygen atoms in total. The second kappa shape index (κ2) is 34.3. The third kappa shape index (κ3) is 42.7. The van der Waals surface area contributed by atoms with E-state index >= 15 is 0 Å². The minimum atomic E-state index is -1.41. The van der Waals surface area contributed by atoms with Gasteiger partial charge in [0, 0.05) is 13.2 Å². The van der Waals surface area contributed by atoms with Crippen LogP contribution in [0.1, 0.15) is 142 Å². The Kier molecular flexibility index (Phi) is 39.1. The summed E-state index contributed by atoms with van der Waals surface area (Å²) < 4.78 is 8.64. The first-order chi connectivity index (χ1) is 15.5. The number of carboxylic acid groups (broad SMARTS) is 2. The Balaban J connectivity index is -0.000000529. The molecule has 0 N–H and O–H groups in total. The summed E-state index contributed by atoms with van der Waals surface area (Å²) in [5, 5.41) is 19.9. The van der Waals surface area contributed by atoms with Gasteiger partial charge in [-0.25, -0.2) is 0 Å². The Morgan fingerprint density at radius 1 is 0.455 bits per heavy atom. The molecule has 0 amide bonds. The first-order valence-electron chi connectivity index (χ1n) is 13.2. The van der Waals surface area contributed by atoms with Crippen LogP contribution in [0.2, 0.25) is 0 Å². The molecule has 192 valence electrons. The van der Waals surface area contributed by atoms with Crippen molar-refractivity contribution in [2.75, 3.05) is 13.2 Å². The number of hydrogen-bond donors (Lipinski definition) is 0. The number of ether oxygens (including phenoxy) is 2. The van der Waals surface area contributed by atoms with E-state index in [-0.39, 0.29) is 48.9 Å². The topological polar surface area (TPSA) is 98.7 Å². The number of rotatable bonds is 22. The van der Waals surface area contributed by atoms with Crippen molar-refractivity contribution in [2.45, 2.75) is 142 Å². The van der Waals surface area contributed by atoms with E-state index in [4.69, 9.17) is 0 Å². The molecule has 0 aromatic heterocycles. The Morgan fingerprint density at radius 3 is 0.879 bits per heavy atom. The molecule has 0 unspecified atom stereocenters. The average molecular weight is 596 g/mol. The summed E-state index contributed by atoms with van der Waals surface area (Å²) in [7, 11) is 0. The first kappa shape index (κ1) is 37.7. The predicted molar refractivity (Wildman–Crippen MR) is 132 cm³/mol. The van der Waals surface area contributed by atoms with Crippen molar-refractivity contribution < 1.29 is 29.3 Å². The summed E-state index contributed by atoms with van der Waals surface area (Å²) in [6.45, 7) is 5.04. The number of carbonyl (C=O) groups excluding carboxylic acids is 2. The zero-order chi connectivity index (χ0) is 24.1. The predicted octanol–water partition coefficient (Wildman–Crippen LogP) is 6.15. The van der Waals surface area contributed by atoms with E-state index in [0.717, 1.165) is 25.7 Å². The summed E-state index contributed by atoms with van der Waals surface area (Å²) in [6, 6.07) is 0. The summed E-state index contributed by atoms with van der Waals surface area (Å²) >= 11 is 0. The molecule has 0 aliphatic heterocycles. The maximum Gasteiger partial charge on any atom is 2.00 e. The molecule has 0 aliphatic carbocycles. The molecule has 0 aromatic carbocycles. The van der Waals surface area contributed by atoms with Gasteiger partial charge >= 0.3 is 48.9 Å². The Bertz CT molecular complexity index is 357. The standard InChI is InChI=1S/2C13H26O3.Ba/c2*1-2-3-4-5-6-7-8-9-10-11-12-16-13(14)15;/h2*2-12H2,1H3,(H,14,15);/q;;+2/p-2. The van der Waals surface area contributed by atoms with Gasteiger partial charge in [0.2, 0.25) is 0 Å².